The van der Waals surface area contributed by atoms with E-state index in [0.717, 1.165) is 10.9 Å². The number of pyridine rings is 1. The average Bonchev–Trinajstić information content (AvgIpc) is 3.28. The Morgan fingerprint density at radius 3 is 2.43 bits per heavy atom. The highest BCUT2D eigenvalue weighted by Crippen LogP contribution is 2.36. The normalized spacial score (nSPS) is 11.8. The predicted octanol–water partition coefficient (Wildman–Crippen LogP) is 6.32. The zero-order chi connectivity index (χ0) is 21.5. The number of carbonyl (C=O) groups excluding carboxylic acids is 1. The molecule has 0 atom stereocenters. The van der Waals surface area contributed by atoms with Crippen molar-refractivity contribution in [3.05, 3.63) is 80.2 Å². The van der Waals surface area contributed by atoms with Crippen LogP contribution in [0.4, 0.5) is 13.2 Å². The number of carbonyl (C=O) groups is 1. The Morgan fingerprint density at radius 1 is 1.07 bits per heavy atom. The van der Waals surface area contributed by atoms with E-state index >= 15 is 0 Å². The summed E-state index contributed by atoms with van der Waals surface area (Å²) in [6.07, 6.45) is -4.69. The molecule has 0 aliphatic heterocycles. The largest absolute Gasteiger partial charge is 0.433 e. The van der Waals surface area contributed by atoms with Gasteiger partial charge in [0.2, 0.25) is 0 Å². The molecule has 0 aliphatic rings. The lowest BCUT2D eigenvalue weighted by atomic mass is 10.1. The number of benzene rings is 1. The molecule has 0 unspecified atom stereocenters. The molecule has 4 rings (SSSR count). The van der Waals surface area contributed by atoms with Crippen molar-refractivity contribution in [2.75, 3.05) is 0 Å². The lowest BCUT2D eigenvalue weighted by molar-refractivity contribution is -0.142. The minimum absolute atomic E-state index is 0.00494. The van der Waals surface area contributed by atoms with Crippen molar-refractivity contribution >= 4 is 46.0 Å². The number of nitrogens with zero attached hydrogens (tertiary/aromatic N) is 2. The fourth-order valence-corrected chi connectivity index (χ4v) is 4.25. The van der Waals surface area contributed by atoms with Crippen LogP contribution in [0.2, 0.25) is 9.36 Å². The molecular weight excluding hydrogens is 458 g/mol. The Labute approximate surface area is 182 Å². The van der Waals surface area contributed by atoms with E-state index in [4.69, 9.17) is 23.2 Å². The van der Waals surface area contributed by atoms with Gasteiger partial charge >= 0.3 is 6.18 Å². The predicted molar refractivity (Wildman–Crippen MR) is 111 cm³/mol. The number of hydrogen-bond acceptors (Lipinski definition) is 3. The molecule has 1 N–H and O–H groups in total. The maximum atomic E-state index is 13.7. The van der Waals surface area contributed by atoms with Crippen molar-refractivity contribution in [1.29, 1.82) is 0 Å². The molecule has 0 saturated carbocycles. The molecule has 4 nitrogen and oxygen atoms in total. The Morgan fingerprint density at radius 2 is 1.80 bits per heavy atom. The third kappa shape index (κ3) is 4.03. The van der Waals surface area contributed by atoms with E-state index in [1.807, 2.05) is 0 Å². The number of alkyl halides is 3. The van der Waals surface area contributed by atoms with Gasteiger partial charge in [0.1, 0.15) is 5.69 Å². The molecule has 3 heterocycles. The van der Waals surface area contributed by atoms with Gasteiger partial charge in [0.25, 0.3) is 5.91 Å². The van der Waals surface area contributed by atoms with E-state index in [9.17, 15) is 18.0 Å². The molecular formula is C20H12Cl2F3N3OS. The number of amides is 1. The van der Waals surface area contributed by atoms with Crippen LogP contribution in [-0.4, -0.2) is 15.5 Å². The first-order valence-corrected chi connectivity index (χ1v) is 10.2. The lowest BCUT2D eigenvalue weighted by Crippen LogP contribution is -2.23. The van der Waals surface area contributed by atoms with Crippen molar-refractivity contribution in [3.8, 4) is 11.1 Å². The van der Waals surface area contributed by atoms with Crippen LogP contribution < -0.4 is 5.32 Å². The quantitative estimate of drug-likeness (QED) is 0.380. The van der Waals surface area contributed by atoms with Gasteiger partial charge in [-0.3, -0.25) is 4.79 Å². The van der Waals surface area contributed by atoms with E-state index in [1.165, 1.54) is 17.4 Å². The third-order valence-corrected chi connectivity index (χ3v) is 5.94. The van der Waals surface area contributed by atoms with E-state index in [0.29, 0.717) is 20.0 Å². The number of fused-ring (bicyclic) bond motifs is 1. The molecule has 0 aliphatic carbocycles. The maximum absolute atomic E-state index is 13.7. The van der Waals surface area contributed by atoms with Crippen molar-refractivity contribution in [3.63, 3.8) is 0 Å². The first-order valence-electron chi connectivity index (χ1n) is 8.61. The second kappa shape index (κ2) is 7.94. The number of aromatic nitrogens is 2. The molecule has 30 heavy (non-hydrogen) atoms. The summed E-state index contributed by atoms with van der Waals surface area (Å²) >= 11 is 13.4. The van der Waals surface area contributed by atoms with Gasteiger partial charge in [-0.05, 0) is 35.4 Å². The highest BCUT2D eigenvalue weighted by molar-refractivity contribution is 7.16. The van der Waals surface area contributed by atoms with Gasteiger partial charge < -0.3 is 5.32 Å². The van der Waals surface area contributed by atoms with Gasteiger partial charge in [-0.15, -0.1) is 11.3 Å². The minimum Gasteiger partial charge on any atom is -0.346 e. The molecule has 0 saturated heterocycles. The fraction of sp³-hybridized carbons (Fsp3) is 0.100. The van der Waals surface area contributed by atoms with Crippen LogP contribution in [0.1, 0.15) is 21.1 Å². The molecule has 1 aromatic carbocycles. The van der Waals surface area contributed by atoms with Crippen LogP contribution >= 0.6 is 34.5 Å². The molecule has 0 fully saturated rings. The lowest BCUT2D eigenvalue weighted by Gasteiger charge is -2.11. The molecule has 1 amide bonds. The van der Waals surface area contributed by atoms with Gasteiger partial charge in [-0.1, -0.05) is 53.5 Å². The third-order valence-electron chi connectivity index (χ3n) is 4.34. The highest BCUT2D eigenvalue weighted by atomic mass is 35.5. The topological polar surface area (TPSA) is 46.4 Å². The van der Waals surface area contributed by atoms with Crippen molar-refractivity contribution < 1.29 is 18.0 Å². The smallest absolute Gasteiger partial charge is 0.346 e. The summed E-state index contributed by atoms with van der Waals surface area (Å²) < 4.78 is 42.4. The van der Waals surface area contributed by atoms with E-state index < -0.39 is 17.8 Å². The van der Waals surface area contributed by atoms with E-state index in [2.05, 4.69) is 10.4 Å². The summed E-state index contributed by atoms with van der Waals surface area (Å²) in [4.78, 5) is 13.3. The van der Waals surface area contributed by atoms with Gasteiger partial charge in [0.15, 0.2) is 5.69 Å². The Kier molecular flexibility index (Phi) is 5.48. The van der Waals surface area contributed by atoms with Crippen molar-refractivity contribution in [2.24, 2.45) is 0 Å². The maximum Gasteiger partial charge on any atom is 0.433 e. The second-order valence-electron chi connectivity index (χ2n) is 6.34. The molecule has 0 radical (unpaired) electrons. The van der Waals surface area contributed by atoms with Crippen LogP contribution in [0.3, 0.4) is 0 Å². The van der Waals surface area contributed by atoms with Gasteiger partial charge in [0, 0.05) is 4.88 Å². The van der Waals surface area contributed by atoms with Gasteiger partial charge in [0.05, 0.1) is 21.4 Å². The standard InChI is InChI=1S/C20H12Cl2F3N3OS/c21-16-7-6-13(30-16)10-26-19(29)18-17(22)14-8-12(11-4-2-1-3-5-11)9-15(20(23,24)25)28(14)27-18/h1-9H,10H2,(H,26,29). The van der Waals surface area contributed by atoms with Gasteiger partial charge in [-0.2, -0.15) is 18.3 Å². The summed E-state index contributed by atoms with van der Waals surface area (Å²) in [5.41, 5.74) is -0.407. The fourth-order valence-electron chi connectivity index (χ4n) is 2.96. The van der Waals surface area contributed by atoms with Crippen molar-refractivity contribution in [2.45, 2.75) is 12.7 Å². The van der Waals surface area contributed by atoms with Crippen LogP contribution in [-0.2, 0) is 12.7 Å². The summed E-state index contributed by atoms with van der Waals surface area (Å²) in [6, 6.07) is 14.5. The number of halogens is 5. The average molecular weight is 470 g/mol. The molecule has 3 aromatic heterocycles. The Bertz CT molecular complexity index is 1240. The highest BCUT2D eigenvalue weighted by Gasteiger charge is 2.36. The van der Waals surface area contributed by atoms with Gasteiger partial charge in [-0.25, -0.2) is 4.52 Å². The minimum atomic E-state index is -4.69. The van der Waals surface area contributed by atoms with Crippen LogP contribution in [0, 0.1) is 0 Å². The number of nitrogens with one attached hydrogen (secondary N) is 1. The van der Waals surface area contributed by atoms with Crippen molar-refractivity contribution in [1.82, 2.24) is 14.9 Å². The molecule has 154 valence electrons. The SMILES string of the molecule is O=C(NCc1ccc(Cl)s1)c1nn2c(C(F)(F)F)cc(-c3ccccc3)cc2c1Cl. The molecule has 10 heteroatoms. The van der Waals surface area contributed by atoms with E-state index in [1.54, 1.807) is 42.5 Å². The zero-order valence-corrected chi connectivity index (χ0v) is 17.3. The zero-order valence-electron chi connectivity index (χ0n) is 15.0. The number of thiophene rings is 1. The van der Waals surface area contributed by atoms with E-state index in [-0.39, 0.29) is 22.8 Å². The second-order valence-corrected chi connectivity index (χ2v) is 8.52. The Hall–Kier alpha value is -2.55. The first-order chi connectivity index (χ1) is 14.2. The van der Waals surface area contributed by atoms with Crippen LogP contribution in [0.25, 0.3) is 16.6 Å². The number of hydrogen-bond donors (Lipinski definition) is 1. The Balaban J connectivity index is 1.77. The summed E-state index contributed by atoms with van der Waals surface area (Å²) in [5, 5.41) is 6.31. The van der Waals surface area contributed by atoms with Crippen LogP contribution in [0.5, 0.6) is 0 Å². The van der Waals surface area contributed by atoms with Crippen LogP contribution in [0.15, 0.2) is 54.6 Å². The summed E-state index contributed by atoms with van der Waals surface area (Å²) in [7, 11) is 0. The summed E-state index contributed by atoms with van der Waals surface area (Å²) in [5.74, 6) is -0.678. The molecule has 0 spiro atoms. The summed E-state index contributed by atoms with van der Waals surface area (Å²) in [6.45, 7) is 0.155. The molecule has 0 bridgehead atoms. The molecule has 4 aromatic rings. The number of rotatable bonds is 4. The monoisotopic (exact) mass is 469 g/mol. The first kappa shape index (κ1) is 20.7.